The lowest BCUT2D eigenvalue weighted by molar-refractivity contribution is -0.127. The predicted molar refractivity (Wildman–Crippen MR) is 100 cm³/mol. The van der Waals surface area contributed by atoms with Crippen LogP contribution < -0.4 is 14.8 Å². The van der Waals surface area contributed by atoms with E-state index in [2.05, 4.69) is 25.2 Å². The number of benzene rings is 2. The summed E-state index contributed by atoms with van der Waals surface area (Å²) in [6.07, 6.45) is -0.551. The molecule has 134 valence electrons. The van der Waals surface area contributed by atoms with Gasteiger partial charge in [-0.2, -0.15) is 0 Å². The van der Waals surface area contributed by atoms with Crippen molar-refractivity contribution < 1.29 is 14.3 Å². The molecule has 0 unspecified atom stereocenters. The van der Waals surface area contributed by atoms with E-state index in [9.17, 15) is 4.79 Å². The first-order valence-corrected chi connectivity index (χ1v) is 8.70. The van der Waals surface area contributed by atoms with Crippen LogP contribution in [0.5, 0.6) is 11.5 Å². The lowest BCUT2D eigenvalue weighted by Crippen LogP contribution is -2.38. The lowest BCUT2D eigenvalue weighted by Gasteiger charge is -2.16. The van der Waals surface area contributed by atoms with Gasteiger partial charge in [0.15, 0.2) is 6.10 Å². The Morgan fingerprint density at radius 2 is 1.84 bits per heavy atom. The van der Waals surface area contributed by atoms with E-state index in [0.29, 0.717) is 24.8 Å². The molecule has 2 aromatic rings. The highest BCUT2D eigenvalue weighted by Gasteiger charge is 2.14. The Morgan fingerprint density at radius 3 is 2.56 bits per heavy atom. The second kappa shape index (κ2) is 9.11. The molecule has 25 heavy (non-hydrogen) atoms. The SMILES string of the molecule is Cc1cccc(O[C@H](C)C(=O)NCCOc2ccccc2C(C)C)c1. The number of hydrogen-bond acceptors (Lipinski definition) is 3. The number of hydrogen-bond donors (Lipinski definition) is 1. The number of nitrogens with one attached hydrogen (secondary N) is 1. The van der Waals surface area contributed by atoms with Crippen LogP contribution in [0.3, 0.4) is 0 Å². The summed E-state index contributed by atoms with van der Waals surface area (Å²) >= 11 is 0. The van der Waals surface area contributed by atoms with Crippen molar-refractivity contribution in [2.75, 3.05) is 13.2 Å². The van der Waals surface area contributed by atoms with E-state index in [0.717, 1.165) is 11.3 Å². The van der Waals surface area contributed by atoms with Gasteiger partial charge in [-0.3, -0.25) is 4.79 Å². The van der Waals surface area contributed by atoms with Gasteiger partial charge >= 0.3 is 0 Å². The molecule has 0 saturated heterocycles. The van der Waals surface area contributed by atoms with Crippen LogP contribution >= 0.6 is 0 Å². The first kappa shape index (κ1) is 18.8. The zero-order chi connectivity index (χ0) is 18.2. The molecule has 0 fully saturated rings. The monoisotopic (exact) mass is 341 g/mol. The van der Waals surface area contributed by atoms with E-state index in [-0.39, 0.29) is 5.91 Å². The molecule has 0 aliphatic carbocycles. The average Bonchev–Trinajstić information content (AvgIpc) is 2.58. The summed E-state index contributed by atoms with van der Waals surface area (Å²) < 4.78 is 11.5. The number of rotatable bonds is 8. The first-order chi connectivity index (χ1) is 12.0. The maximum atomic E-state index is 12.1. The van der Waals surface area contributed by atoms with Gasteiger partial charge in [0.05, 0.1) is 6.54 Å². The second-order valence-corrected chi connectivity index (χ2v) is 6.41. The third-order valence-electron chi connectivity index (χ3n) is 3.87. The normalized spacial score (nSPS) is 11.9. The van der Waals surface area contributed by atoms with Gasteiger partial charge in [-0.25, -0.2) is 0 Å². The zero-order valence-electron chi connectivity index (χ0n) is 15.4. The third kappa shape index (κ3) is 5.82. The van der Waals surface area contributed by atoms with Crippen LogP contribution in [0.15, 0.2) is 48.5 Å². The van der Waals surface area contributed by atoms with Gasteiger partial charge in [0.2, 0.25) is 0 Å². The van der Waals surface area contributed by atoms with Crippen LogP contribution in [-0.2, 0) is 4.79 Å². The van der Waals surface area contributed by atoms with Crippen LogP contribution in [0.25, 0.3) is 0 Å². The number of para-hydroxylation sites is 1. The maximum Gasteiger partial charge on any atom is 0.260 e. The summed E-state index contributed by atoms with van der Waals surface area (Å²) in [5, 5.41) is 2.85. The van der Waals surface area contributed by atoms with Gasteiger partial charge in [0, 0.05) is 0 Å². The summed E-state index contributed by atoms with van der Waals surface area (Å²) in [5.74, 6) is 1.82. The fourth-order valence-electron chi connectivity index (χ4n) is 2.51. The molecule has 4 nitrogen and oxygen atoms in total. The number of amides is 1. The second-order valence-electron chi connectivity index (χ2n) is 6.41. The van der Waals surface area contributed by atoms with Gasteiger partial charge in [-0.15, -0.1) is 0 Å². The minimum atomic E-state index is -0.551. The molecule has 0 aromatic heterocycles. The molecule has 1 atom stereocenters. The molecular weight excluding hydrogens is 314 g/mol. The van der Waals surface area contributed by atoms with Crippen LogP contribution in [0.2, 0.25) is 0 Å². The van der Waals surface area contributed by atoms with Gasteiger partial charge in [0.1, 0.15) is 18.1 Å². The Morgan fingerprint density at radius 1 is 1.08 bits per heavy atom. The Bertz CT molecular complexity index is 697. The van der Waals surface area contributed by atoms with Gasteiger partial charge in [0.25, 0.3) is 5.91 Å². The molecule has 1 N–H and O–H groups in total. The number of aryl methyl sites for hydroxylation is 1. The number of carbonyl (C=O) groups excluding carboxylic acids is 1. The molecule has 2 rings (SSSR count). The maximum absolute atomic E-state index is 12.1. The minimum Gasteiger partial charge on any atom is -0.491 e. The van der Waals surface area contributed by atoms with Crippen molar-refractivity contribution in [3.05, 3.63) is 59.7 Å². The highest BCUT2D eigenvalue weighted by atomic mass is 16.5. The topological polar surface area (TPSA) is 47.6 Å². The predicted octanol–water partition coefficient (Wildman–Crippen LogP) is 4.08. The molecule has 1 amide bonds. The highest BCUT2D eigenvalue weighted by molar-refractivity contribution is 5.80. The standard InChI is InChI=1S/C21H27NO3/c1-15(2)19-10-5-6-11-20(19)24-13-12-22-21(23)17(4)25-18-9-7-8-16(3)14-18/h5-11,14-15,17H,12-13H2,1-4H3,(H,22,23)/t17-/m1/s1. The quantitative estimate of drug-likeness (QED) is 0.736. The van der Waals surface area contributed by atoms with E-state index in [1.165, 1.54) is 5.56 Å². The summed E-state index contributed by atoms with van der Waals surface area (Å²) in [6.45, 7) is 8.86. The molecule has 0 radical (unpaired) electrons. The minimum absolute atomic E-state index is 0.151. The van der Waals surface area contributed by atoms with E-state index < -0.39 is 6.10 Å². The van der Waals surface area contributed by atoms with Crippen molar-refractivity contribution in [3.8, 4) is 11.5 Å². The highest BCUT2D eigenvalue weighted by Crippen LogP contribution is 2.25. The Labute approximate surface area is 150 Å². The Kier molecular flexibility index (Phi) is 6.87. The van der Waals surface area contributed by atoms with Gasteiger partial charge in [-0.05, 0) is 49.1 Å². The van der Waals surface area contributed by atoms with E-state index in [4.69, 9.17) is 9.47 Å². The molecule has 0 spiro atoms. The summed E-state index contributed by atoms with van der Waals surface area (Å²) in [4.78, 5) is 12.1. The van der Waals surface area contributed by atoms with Crippen molar-refractivity contribution in [2.45, 2.75) is 39.7 Å². The van der Waals surface area contributed by atoms with E-state index >= 15 is 0 Å². The van der Waals surface area contributed by atoms with Crippen molar-refractivity contribution in [1.29, 1.82) is 0 Å². The molecular formula is C21H27NO3. The summed E-state index contributed by atoms with van der Waals surface area (Å²) in [7, 11) is 0. The fourth-order valence-corrected chi connectivity index (χ4v) is 2.51. The van der Waals surface area contributed by atoms with Crippen molar-refractivity contribution in [1.82, 2.24) is 5.32 Å². The van der Waals surface area contributed by atoms with Crippen LogP contribution in [-0.4, -0.2) is 25.2 Å². The van der Waals surface area contributed by atoms with Gasteiger partial charge in [-0.1, -0.05) is 44.2 Å². The Balaban J connectivity index is 1.77. The van der Waals surface area contributed by atoms with Crippen molar-refractivity contribution >= 4 is 5.91 Å². The molecule has 0 heterocycles. The van der Waals surface area contributed by atoms with Crippen LogP contribution in [0.1, 0.15) is 37.8 Å². The van der Waals surface area contributed by atoms with E-state index in [1.54, 1.807) is 6.92 Å². The molecule has 0 aliphatic heterocycles. The molecule has 2 aromatic carbocycles. The molecule has 0 bridgehead atoms. The van der Waals surface area contributed by atoms with Crippen LogP contribution in [0, 0.1) is 6.92 Å². The van der Waals surface area contributed by atoms with E-state index in [1.807, 2.05) is 49.4 Å². The summed E-state index contributed by atoms with van der Waals surface area (Å²) in [6, 6.07) is 15.7. The number of ether oxygens (including phenoxy) is 2. The first-order valence-electron chi connectivity index (χ1n) is 8.70. The fraction of sp³-hybridized carbons (Fsp3) is 0.381. The zero-order valence-corrected chi connectivity index (χ0v) is 15.4. The van der Waals surface area contributed by atoms with Gasteiger partial charge < -0.3 is 14.8 Å². The lowest BCUT2D eigenvalue weighted by atomic mass is 10.0. The largest absolute Gasteiger partial charge is 0.491 e. The third-order valence-corrected chi connectivity index (χ3v) is 3.87. The van der Waals surface area contributed by atoms with Crippen molar-refractivity contribution in [3.63, 3.8) is 0 Å². The van der Waals surface area contributed by atoms with Crippen molar-refractivity contribution in [2.24, 2.45) is 0 Å². The average molecular weight is 341 g/mol. The smallest absolute Gasteiger partial charge is 0.260 e. The van der Waals surface area contributed by atoms with Crippen LogP contribution in [0.4, 0.5) is 0 Å². The molecule has 0 aliphatic rings. The molecule has 4 heteroatoms. The molecule has 0 saturated carbocycles. The Hall–Kier alpha value is -2.49. The number of carbonyl (C=O) groups is 1. The summed E-state index contributed by atoms with van der Waals surface area (Å²) in [5.41, 5.74) is 2.27.